The van der Waals surface area contributed by atoms with Crippen LogP contribution in [0.1, 0.15) is 31.7 Å². The fraction of sp³-hybridized carbons (Fsp3) is 0.391. The van der Waals surface area contributed by atoms with Gasteiger partial charge in [-0.3, -0.25) is 9.59 Å². The summed E-state index contributed by atoms with van der Waals surface area (Å²) in [5, 5.41) is 2.97. The molecule has 1 aliphatic rings. The van der Waals surface area contributed by atoms with E-state index < -0.39 is 0 Å². The maximum absolute atomic E-state index is 12.4. The van der Waals surface area contributed by atoms with Crippen molar-refractivity contribution >= 4 is 17.5 Å². The SMILES string of the molecule is CCCCOc1ccc(N2C[C@@H](C(=O)NCCc3ccccc3)CC2=O)cc1. The third-order valence-corrected chi connectivity index (χ3v) is 4.97. The summed E-state index contributed by atoms with van der Waals surface area (Å²) >= 11 is 0. The van der Waals surface area contributed by atoms with E-state index in [0.29, 0.717) is 19.7 Å². The molecule has 0 aliphatic carbocycles. The van der Waals surface area contributed by atoms with Crippen LogP contribution in [0.15, 0.2) is 54.6 Å². The lowest BCUT2D eigenvalue weighted by molar-refractivity contribution is -0.126. The molecular formula is C23H28N2O3. The Hall–Kier alpha value is -2.82. The molecule has 1 N–H and O–H groups in total. The number of hydrogen-bond donors (Lipinski definition) is 1. The number of rotatable bonds is 9. The Labute approximate surface area is 166 Å². The molecule has 1 heterocycles. The summed E-state index contributed by atoms with van der Waals surface area (Å²) in [7, 11) is 0. The number of nitrogens with zero attached hydrogens (tertiary/aromatic N) is 1. The largest absolute Gasteiger partial charge is 0.494 e. The smallest absolute Gasteiger partial charge is 0.227 e. The second-order valence-corrected chi connectivity index (χ2v) is 7.13. The Morgan fingerprint density at radius 3 is 2.61 bits per heavy atom. The van der Waals surface area contributed by atoms with Crippen LogP contribution in [0.4, 0.5) is 5.69 Å². The number of unbranched alkanes of at least 4 members (excludes halogenated alkanes) is 1. The first kappa shape index (κ1) is 19.9. The molecule has 0 spiro atoms. The van der Waals surface area contributed by atoms with Gasteiger partial charge in [-0.1, -0.05) is 43.7 Å². The predicted octanol–water partition coefficient (Wildman–Crippen LogP) is 3.58. The summed E-state index contributed by atoms with van der Waals surface area (Å²) in [5.74, 6) is 0.442. The third-order valence-electron chi connectivity index (χ3n) is 4.97. The summed E-state index contributed by atoms with van der Waals surface area (Å²) < 4.78 is 5.66. The average Bonchev–Trinajstić information content (AvgIpc) is 3.11. The molecule has 28 heavy (non-hydrogen) atoms. The Bertz CT molecular complexity index is 774. The van der Waals surface area contributed by atoms with Crippen LogP contribution >= 0.6 is 0 Å². The summed E-state index contributed by atoms with van der Waals surface area (Å²) in [6, 6.07) is 17.6. The molecule has 0 aromatic heterocycles. The monoisotopic (exact) mass is 380 g/mol. The number of nitrogens with one attached hydrogen (secondary N) is 1. The molecule has 1 atom stereocenters. The van der Waals surface area contributed by atoms with Crippen LogP contribution in [-0.2, 0) is 16.0 Å². The maximum Gasteiger partial charge on any atom is 0.227 e. The van der Waals surface area contributed by atoms with Crippen molar-refractivity contribution < 1.29 is 14.3 Å². The van der Waals surface area contributed by atoms with Gasteiger partial charge in [-0.15, -0.1) is 0 Å². The lowest BCUT2D eigenvalue weighted by atomic mass is 10.1. The van der Waals surface area contributed by atoms with Crippen LogP contribution in [0, 0.1) is 5.92 Å². The quantitative estimate of drug-likeness (QED) is 0.677. The molecule has 5 nitrogen and oxygen atoms in total. The van der Waals surface area contributed by atoms with E-state index in [-0.39, 0.29) is 24.2 Å². The highest BCUT2D eigenvalue weighted by atomic mass is 16.5. The number of hydrogen-bond acceptors (Lipinski definition) is 3. The molecule has 1 saturated heterocycles. The number of ether oxygens (including phenoxy) is 1. The highest BCUT2D eigenvalue weighted by Gasteiger charge is 2.34. The molecule has 0 saturated carbocycles. The van der Waals surface area contributed by atoms with Gasteiger partial charge >= 0.3 is 0 Å². The Morgan fingerprint density at radius 2 is 1.89 bits per heavy atom. The van der Waals surface area contributed by atoms with Crippen molar-refractivity contribution in [2.24, 2.45) is 5.92 Å². The van der Waals surface area contributed by atoms with Crippen LogP contribution in [0.25, 0.3) is 0 Å². The van der Waals surface area contributed by atoms with Crippen molar-refractivity contribution in [3.05, 3.63) is 60.2 Å². The number of carbonyl (C=O) groups excluding carboxylic acids is 2. The zero-order chi connectivity index (χ0) is 19.8. The van der Waals surface area contributed by atoms with Crippen LogP contribution in [-0.4, -0.2) is 31.5 Å². The molecule has 0 radical (unpaired) electrons. The zero-order valence-corrected chi connectivity index (χ0v) is 16.4. The fourth-order valence-electron chi connectivity index (χ4n) is 3.31. The Balaban J connectivity index is 1.49. The summed E-state index contributed by atoms with van der Waals surface area (Å²) in [6.07, 6.45) is 3.16. The van der Waals surface area contributed by atoms with E-state index in [9.17, 15) is 9.59 Å². The van der Waals surface area contributed by atoms with Crippen LogP contribution in [0.5, 0.6) is 5.75 Å². The highest BCUT2D eigenvalue weighted by Crippen LogP contribution is 2.27. The summed E-state index contributed by atoms with van der Waals surface area (Å²) in [5.41, 5.74) is 2.00. The molecule has 2 amide bonds. The minimum absolute atomic E-state index is 0.0112. The van der Waals surface area contributed by atoms with E-state index in [4.69, 9.17) is 4.74 Å². The molecule has 1 aliphatic heterocycles. The number of benzene rings is 2. The summed E-state index contributed by atoms with van der Waals surface area (Å²) in [6.45, 7) is 3.83. The lowest BCUT2D eigenvalue weighted by Gasteiger charge is -2.17. The van der Waals surface area contributed by atoms with Crippen molar-refractivity contribution in [3.8, 4) is 5.75 Å². The van der Waals surface area contributed by atoms with Crippen molar-refractivity contribution in [2.75, 3.05) is 24.6 Å². The van der Waals surface area contributed by atoms with Gasteiger partial charge in [0.25, 0.3) is 0 Å². The molecule has 2 aromatic rings. The van der Waals surface area contributed by atoms with E-state index in [0.717, 1.165) is 30.7 Å². The molecule has 1 fully saturated rings. The van der Waals surface area contributed by atoms with E-state index in [1.165, 1.54) is 5.56 Å². The number of carbonyl (C=O) groups is 2. The van der Waals surface area contributed by atoms with E-state index in [1.54, 1.807) is 4.90 Å². The maximum atomic E-state index is 12.4. The molecule has 0 bridgehead atoms. The van der Waals surface area contributed by atoms with Gasteiger partial charge < -0.3 is 15.0 Å². The third kappa shape index (κ3) is 5.35. The van der Waals surface area contributed by atoms with Crippen molar-refractivity contribution in [1.82, 2.24) is 5.32 Å². The van der Waals surface area contributed by atoms with Gasteiger partial charge in [0.05, 0.1) is 12.5 Å². The highest BCUT2D eigenvalue weighted by molar-refractivity contribution is 6.00. The average molecular weight is 380 g/mol. The van der Waals surface area contributed by atoms with E-state index in [2.05, 4.69) is 12.2 Å². The standard InChI is InChI=1S/C23H28N2O3/c1-2-3-15-28-21-11-9-20(10-12-21)25-17-19(16-22(25)26)23(27)24-14-13-18-7-5-4-6-8-18/h4-12,19H,2-3,13-17H2,1H3,(H,24,27)/t19-/m0/s1. The first-order chi connectivity index (χ1) is 13.7. The first-order valence-electron chi connectivity index (χ1n) is 10.0. The number of anilines is 1. The van der Waals surface area contributed by atoms with Gasteiger partial charge in [0.15, 0.2) is 0 Å². The topological polar surface area (TPSA) is 58.6 Å². The lowest BCUT2D eigenvalue weighted by Crippen LogP contribution is -2.34. The minimum Gasteiger partial charge on any atom is -0.494 e. The van der Waals surface area contributed by atoms with Gasteiger partial charge in [0.2, 0.25) is 11.8 Å². The number of amides is 2. The molecule has 3 rings (SSSR count). The van der Waals surface area contributed by atoms with Crippen molar-refractivity contribution in [1.29, 1.82) is 0 Å². The van der Waals surface area contributed by atoms with Crippen LogP contribution < -0.4 is 15.0 Å². The molecule has 148 valence electrons. The molecule has 2 aromatic carbocycles. The van der Waals surface area contributed by atoms with Crippen molar-refractivity contribution in [2.45, 2.75) is 32.6 Å². The molecule has 0 unspecified atom stereocenters. The van der Waals surface area contributed by atoms with E-state index >= 15 is 0 Å². The first-order valence-corrected chi connectivity index (χ1v) is 10.0. The zero-order valence-electron chi connectivity index (χ0n) is 16.4. The van der Waals surface area contributed by atoms with Crippen LogP contribution in [0.3, 0.4) is 0 Å². The van der Waals surface area contributed by atoms with Gasteiger partial charge in [-0.2, -0.15) is 0 Å². The Kier molecular flexibility index (Phi) is 7.06. The fourth-order valence-corrected chi connectivity index (χ4v) is 3.31. The second-order valence-electron chi connectivity index (χ2n) is 7.13. The van der Waals surface area contributed by atoms with Gasteiger partial charge in [0, 0.05) is 25.2 Å². The molecule has 5 heteroatoms. The van der Waals surface area contributed by atoms with E-state index in [1.807, 2.05) is 54.6 Å². The minimum atomic E-state index is -0.302. The Morgan fingerprint density at radius 1 is 1.14 bits per heavy atom. The molecular weight excluding hydrogens is 352 g/mol. The van der Waals surface area contributed by atoms with Gasteiger partial charge in [-0.25, -0.2) is 0 Å². The van der Waals surface area contributed by atoms with Crippen molar-refractivity contribution in [3.63, 3.8) is 0 Å². The van der Waals surface area contributed by atoms with Gasteiger partial charge in [-0.05, 0) is 42.7 Å². The second kappa shape index (κ2) is 9.93. The van der Waals surface area contributed by atoms with Gasteiger partial charge in [0.1, 0.15) is 5.75 Å². The normalized spacial score (nSPS) is 16.2. The summed E-state index contributed by atoms with van der Waals surface area (Å²) in [4.78, 5) is 26.5. The predicted molar refractivity (Wildman–Crippen MR) is 110 cm³/mol. The van der Waals surface area contributed by atoms with Crippen LogP contribution in [0.2, 0.25) is 0 Å².